The topological polar surface area (TPSA) is 49.5 Å². The lowest BCUT2D eigenvalue weighted by atomic mass is 10.1. The maximum absolute atomic E-state index is 5.79. The number of ether oxygens (including phenoxy) is 5. The van der Waals surface area contributed by atoms with Crippen LogP contribution in [0.3, 0.4) is 0 Å². The molecule has 1 aromatic carbocycles. The third kappa shape index (κ3) is 5.20. The van der Waals surface area contributed by atoms with Crippen molar-refractivity contribution in [1.29, 1.82) is 0 Å². The Balaban J connectivity index is 1.96. The van der Waals surface area contributed by atoms with Crippen molar-refractivity contribution in [3.8, 4) is 17.2 Å². The fourth-order valence-corrected chi connectivity index (χ4v) is 2.16. The highest BCUT2D eigenvalue weighted by molar-refractivity contribution is 5.54. The Bertz CT molecular complexity index is 564. The van der Waals surface area contributed by atoms with Crippen LogP contribution in [0.5, 0.6) is 17.2 Å². The van der Waals surface area contributed by atoms with E-state index in [1.165, 1.54) is 0 Å². The Morgan fingerprint density at radius 1 is 1.21 bits per heavy atom. The molecule has 0 N–H and O–H groups in total. The van der Waals surface area contributed by atoms with E-state index in [4.69, 9.17) is 23.7 Å². The largest absolute Gasteiger partial charge is 0.494 e. The molecule has 0 amide bonds. The summed E-state index contributed by atoms with van der Waals surface area (Å²) in [6.45, 7) is 11.3. The number of hydrogen-bond acceptors (Lipinski definition) is 5. The van der Waals surface area contributed by atoms with Crippen LogP contribution in [0.4, 0.5) is 0 Å². The molecule has 0 spiro atoms. The third-order valence-electron chi connectivity index (χ3n) is 3.70. The first kappa shape index (κ1) is 18.2. The summed E-state index contributed by atoms with van der Waals surface area (Å²) in [7, 11) is 3.25. The fourth-order valence-electron chi connectivity index (χ4n) is 2.16. The molecule has 5 nitrogen and oxygen atoms in total. The Morgan fingerprint density at radius 3 is 2.33 bits per heavy atom. The molecule has 1 aliphatic heterocycles. The minimum atomic E-state index is 0.178. The van der Waals surface area contributed by atoms with Gasteiger partial charge in [0.25, 0.3) is 0 Å². The molecule has 1 unspecified atom stereocenters. The van der Waals surface area contributed by atoms with Crippen molar-refractivity contribution in [2.45, 2.75) is 25.9 Å². The van der Waals surface area contributed by atoms with Gasteiger partial charge in [0.1, 0.15) is 18.5 Å². The summed E-state index contributed by atoms with van der Waals surface area (Å²) >= 11 is 0. The minimum absolute atomic E-state index is 0.178. The van der Waals surface area contributed by atoms with E-state index in [9.17, 15) is 0 Å². The standard InChI is InChI=1S/C19H26O5/c1-13(2)14(3)22-8-6-7-15-9-17(20-4)19(18(10-15)21-5)24-12-16-11-23-16/h9-10,16H,1,3,6-8,11-12H2,2,4-5H3. The molecule has 0 aromatic heterocycles. The second kappa shape index (κ2) is 8.64. The molecule has 5 heteroatoms. The molecule has 2 rings (SSSR count). The molecule has 1 heterocycles. The Labute approximate surface area is 143 Å². The Kier molecular flexibility index (Phi) is 6.55. The van der Waals surface area contributed by atoms with Gasteiger partial charge in [0.05, 0.1) is 27.4 Å². The predicted molar refractivity (Wildman–Crippen MR) is 93.0 cm³/mol. The second-order valence-corrected chi connectivity index (χ2v) is 5.75. The lowest BCUT2D eigenvalue weighted by molar-refractivity contribution is 0.217. The van der Waals surface area contributed by atoms with Crippen molar-refractivity contribution in [3.05, 3.63) is 42.2 Å². The van der Waals surface area contributed by atoms with Crippen molar-refractivity contribution in [2.75, 3.05) is 34.0 Å². The molecular weight excluding hydrogens is 308 g/mol. The Hall–Kier alpha value is -2.14. The number of epoxide rings is 1. The smallest absolute Gasteiger partial charge is 0.203 e. The number of methoxy groups -OCH3 is 2. The van der Waals surface area contributed by atoms with Crippen LogP contribution in [0.15, 0.2) is 36.6 Å². The van der Waals surface area contributed by atoms with Crippen molar-refractivity contribution < 1.29 is 23.7 Å². The molecule has 0 bridgehead atoms. The summed E-state index contributed by atoms with van der Waals surface area (Å²) in [5.74, 6) is 2.58. The molecule has 1 aliphatic rings. The van der Waals surface area contributed by atoms with Crippen molar-refractivity contribution >= 4 is 0 Å². The highest BCUT2D eigenvalue weighted by Gasteiger charge is 2.25. The molecule has 132 valence electrons. The molecule has 1 fully saturated rings. The van der Waals surface area contributed by atoms with Gasteiger partial charge in [-0.3, -0.25) is 0 Å². The zero-order valence-corrected chi connectivity index (χ0v) is 14.7. The van der Waals surface area contributed by atoms with Crippen LogP contribution in [-0.4, -0.2) is 40.1 Å². The summed E-state index contributed by atoms with van der Waals surface area (Å²) in [5.41, 5.74) is 1.95. The molecule has 1 aromatic rings. The number of aryl methyl sites for hydroxylation is 1. The van der Waals surface area contributed by atoms with Gasteiger partial charge >= 0.3 is 0 Å². The zero-order valence-electron chi connectivity index (χ0n) is 14.7. The van der Waals surface area contributed by atoms with E-state index in [1.54, 1.807) is 14.2 Å². The van der Waals surface area contributed by atoms with Crippen LogP contribution in [-0.2, 0) is 15.9 Å². The lowest BCUT2D eigenvalue weighted by Gasteiger charge is -2.16. The predicted octanol–water partition coefficient (Wildman–Crippen LogP) is 3.52. The summed E-state index contributed by atoms with van der Waals surface area (Å²) in [6.07, 6.45) is 1.87. The van der Waals surface area contributed by atoms with E-state index in [0.29, 0.717) is 36.2 Å². The lowest BCUT2D eigenvalue weighted by Crippen LogP contribution is -2.07. The molecule has 0 radical (unpaired) electrons. The van der Waals surface area contributed by atoms with Gasteiger partial charge in [0.2, 0.25) is 5.75 Å². The average molecular weight is 334 g/mol. The van der Waals surface area contributed by atoms with Crippen LogP contribution < -0.4 is 14.2 Å². The van der Waals surface area contributed by atoms with Gasteiger partial charge in [-0.1, -0.05) is 13.2 Å². The van der Waals surface area contributed by atoms with E-state index in [2.05, 4.69) is 13.2 Å². The van der Waals surface area contributed by atoms with Crippen molar-refractivity contribution in [3.63, 3.8) is 0 Å². The maximum atomic E-state index is 5.79. The van der Waals surface area contributed by atoms with E-state index in [1.807, 2.05) is 19.1 Å². The molecule has 1 saturated heterocycles. The van der Waals surface area contributed by atoms with Crippen LogP contribution in [0.2, 0.25) is 0 Å². The van der Waals surface area contributed by atoms with Crippen molar-refractivity contribution in [1.82, 2.24) is 0 Å². The second-order valence-electron chi connectivity index (χ2n) is 5.75. The van der Waals surface area contributed by atoms with E-state index < -0.39 is 0 Å². The average Bonchev–Trinajstić information content (AvgIpc) is 3.40. The van der Waals surface area contributed by atoms with Gasteiger partial charge < -0.3 is 23.7 Å². The molecule has 1 atom stereocenters. The minimum Gasteiger partial charge on any atom is -0.494 e. The molecular formula is C19H26O5. The number of hydrogen-bond donors (Lipinski definition) is 0. The molecule has 0 saturated carbocycles. The van der Waals surface area contributed by atoms with Crippen molar-refractivity contribution in [2.24, 2.45) is 0 Å². The van der Waals surface area contributed by atoms with Gasteiger partial charge in [-0.2, -0.15) is 0 Å². The number of allylic oxidation sites excluding steroid dienone is 1. The first-order chi connectivity index (χ1) is 11.5. The number of rotatable bonds is 11. The fraction of sp³-hybridized carbons (Fsp3) is 0.474. The zero-order chi connectivity index (χ0) is 17.5. The van der Waals surface area contributed by atoms with Crippen LogP contribution >= 0.6 is 0 Å². The molecule has 0 aliphatic carbocycles. The van der Waals surface area contributed by atoms with Crippen LogP contribution in [0.25, 0.3) is 0 Å². The van der Waals surface area contributed by atoms with E-state index >= 15 is 0 Å². The third-order valence-corrected chi connectivity index (χ3v) is 3.70. The summed E-state index contributed by atoms with van der Waals surface area (Å²) in [4.78, 5) is 0. The molecule has 24 heavy (non-hydrogen) atoms. The van der Waals surface area contributed by atoms with Gasteiger partial charge in [0, 0.05) is 0 Å². The van der Waals surface area contributed by atoms with Gasteiger partial charge in [-0.15, -0.1) is 0 Å². The highest BCUT2D eigenvalue weighted by Crippen LogP contribution is 2.39. The quantitative estimate of drug-likeness (QED) is 0.268. The van der Waals surface area contributed by atoms with Gasteiger partial charge in [-0.25, -0.2) is 0 Å². The highest BCUT2D eigenvalue weighted by atomic mass is 16.6. The van der Waals surface area contributed by atoms with E-state index in [0.717, 1.165) is 30.6 Å². The summed E-state index contributed by atoms with van der Waals surface area (Å²) in [6, 6.07) is 3.94. The first-order valence-corrected chi connectivity index (χ1v) is 8.02. The van der Waals surface area contributed by atoms with E-state index in [-0.39, 0.29) is 6.10 Å². The van der Waals surface area contributed by atoms with Crippen LogP contribution in [0.1, 0.15) is 18.9 Å². The van der Waals surface area contributed by atoms with Gasteiger partial charge in [0.15, 0.2) is 11.5 Å². The monoisotopic (exact) mass is 334 g/mol. The SMILES string of the molecule is C=C(C)C(=C)OCCCc1cc(OC)c(OCC2CO2)c(OC)c1. The number of benzene rings is 1. The van der Waals surface area contributed by atoms with Gasteiger partial charge in [-0.05, 0) is 43.0 Å². The Morgan fingerprint density at radius 2 is 1.83 bits per heavy atom. The summed E-state index contributed by atoms with van der Waals surface area (Å²) < 4.78 is 27.4. The normalized spacial score (nSPS) is 15.5. The first-order valence-electron chi connectivity index (χ1n) is 8.02. The summed E-state index contributed by atoms with van der Waals surface area (Å²) in [5, 5.41) is 0. The maximum Gasteiger partial charge on any atom is 0.203 e. The van der Waals surface area contributed by atoms with Crippen LogP contribution in [0, 0.1) is 0 Å².